The third-order valence-corrected chi connectivity index (χ3v) is 5.14. The van der Waals surface area contributed by atoms with Crippen molar-refractivity contribution < 1.29 is 9.90 Å². The number of hydrogen-bond acceptors (Lipinski definition) is 4. The zero-order valence-electron chi connectivity index (χ0n) is 13.3. The number of aromatic nitrogens is 2. The summed E-state index contributed by atoms with van der Waals surface area (Å²) in [5.74, 6) is 0.411. The number of hydrogen-bond donors (Lipinski definition) is 3. The number of H-pyrrole nitrogens is 1. The molecule has 124 valence electrons. The highest BCUT2D eigenvalue weighted by atomic mass is 32.2. The van der Waals surface area contributed by atoms with E-state index >= 15 is 0 Å². The minimum Gasteiger partial charge on any atom is -0.393 e. The number of rotatable bonds is 6. The summed E-state index contributed by atoms with van der Waals surface area (Å²) in [5.41, 5.74) is 5.43. The van der Waals surface area contributed by atoms with E-state index in [9.17, 15) is 9.90 Å². The van der Waals surface area contributed by atoms with E-state index in [2.05, 4.69) is 34.2 Å². The van der Waals surface area contributed by atoms with Crippen LogP contribution in [0.25, 0.3) is 10.8 Å². The van der Waals surface area contributed by atoms with Crippen LogP contribution in [0.15, 0.2) is 53.6 Å². The number of nitrogens with one attached hydrogen (secondary N) is 1. The Hall–Kier alpha value is -2.31. The second-order valence-corrected chi connectivity index (χ2v) is 6.73. The number of thioether (sulfide) groups is 1. The van der Waals surface area contributed by atoms with E-state index in [-0.39, 0.29) is 11.6 Å². The number of imidazole rings is 1. The van der Waals surface area contributed by atoms with Gasteiger partial charge in [0, 0.05) is 16.8 Å². The normalized spacial score (nSPS) is 13.8. The number of fused-ring (bicyclic) bond motifs is 1. The van der Waals surface area contributed by atoms with Gasteiger partial charge in [-0.3, -0.25) is 4.79 Å². The molecule has 0 aliphatic rings. The topological polar surface area (TPSA) is 92.0 Å². The van der Waals surface area contributed by atoms with Crippen LogP contribution < -0.4 is 5.73 Å². The van der Waals surface area contributed by atoms with Gasteiger partial charge in [-0.2, -0.15) is 0 Å². The predicted molar refractivity (Wildman–Crippen MR) is 96.2 cm³/mol. The Kier molecular flexibility index (Phi) is 4.87. The van der Waals surface area contributed by atoms with Crippen molar-refractivity contribution in [2.24, 2.45) is 5.73 Å². The zero-order chi connectivity index (χ0) is 17.1. The number of aliphatic hydroxyl groups excluding tert-OH is 1. The lowest BCUT2D eigenvalue weighted by atomic mass is 10.1. The molecule has 0 saturated heterocycles. The van der Waals surface area contributed by atoms with Gasteiger partial charge in [-0.15, -0.1) is 11.8 Å². The molecular weight excluding hydrogens is 322 g/mol. The Morgan fingerprint density at radius 1 is 1.29 bits per heavy atom. The molecule has 1 amide bonds. The van der Waals surface area contributed by atoms with Crippen molar-refractivity contribution in [2.45, 2.75) is 23.8 Å². The molecule has 3 aromatic rings. The average Bonchev–Trinajstić information content (AvgIpc) is 3.05. The molecule has 2 atom stereocenters. The molecule has 0 aliphatic heterocycles. The molecule has 0 spiro atoms. The number of nitrogens with zero attached hydrogens (tertiary/aromatic N) is 1. The number of primary amides is 1. The fourth-order valence-corrected chi connectivity index (χ4v) is 3.91. The first-order chi connectivity index (χ1) is 11.6. The first-order valence-electron chi connectivity index (χ1n) is 7.70. The molecular formula is C18H19N3O2S. The summed E-state index contributed by atoms with van der Waals surface area (Å²) in [7, 11) is 0. The molecule has 0 radical (unpaired) electrons. The minimum absolute atomic E-state index is 0.186. The van der Waals surface area contributed by atoms with Gasteiger partial charge in [-0.1, -0.05) is 36.4 Å². The summed E-state index contributed by atoms with van der Waals surface area (Å²) < 4.78 is 0. The lowest BCUT2D eigenvalue weighted by Crippen LogP contribution is -2.19. The van der Waals surface area contributed by atoms with Crippen LogP contribution >= 0.6 is 11.8 Å². The zero-order valence-corrected chi connectivity index (χ0v) is 14.1. The summed E-state index contributed by atoms with van der Waals surface area (Å²) in [5, 5.41) is 12.5. The molecule has 3 rings (SSSR count). The standard InChI is InChI=1S/C18H19N3O2S/c1-11(22)14(18-20-9-15(21-18)17(19)23)10-24-16-8-4-6-12-5-2-3-7-13(12)16/h2-9,11,14,22H,10H2,1H3,(H2,19,23)(H,20,21)/t11-,14-/m0/s1. The third-order valence-electron chi connectivity index (χ3n) is 3.95. The number of aliphatic hydroxyl groups is 1. The van der Waals surface area contributed by atoms with Gasteiger partial charge in [0.15, 0.2) is 0 Å². The maximum absolute atomic E-state index is 11.2. The Balaban J connectivity index is 1.82. The van der Waals surface area contributed by atoms with Crippen molar-refractivity contribution in [2.75, 3.05) is 5.75 Å². The molecule has 4 N–H and O–H groups in total. The van der Waals surface area contributed by atoms with E-state index in [4.69, 9.17) is 5.73 Å². The predicted octanol–water partition coefficient (Wildman–Crippen LogP) is 2.92. The van der Waals surface area contributed by atoms with Crippen LogP contribution in [0.5, 0.6) is 0 Å². The minimum atomic E-state index is -0.598. The van der Waals surface area contributed by atoms with E-state index in [1.54, 1.807) is 18.7 Å². The molecule has 5 nitrogen and oxygen atoms in total. The molecule has 0 saturated carbocycles. The van der Waals surface area contributed by atoms with Crippen LogP contribution in [0.4, 0.5) is 0 Å². The number of benzene rings is 2. The van der Waals surface area contributed by atoms with Crippen LogP contribution in [0.3, 0.4) is 0 Å². The second-order valence-electron chi connectivity index (χ2n) is 5.67. The van der Waals surface area contributed by atoms with Crippen molar-refractivity contribution in [3.05, 3.63) is 60.2 Å². The van der Waals surface area contributed by atoms with Gasteiger partial charge in [-0.25, -0.2) is 4.98 Å². The van der Waals surface area contributed by atoms with Crippen molar-refractivity contribution in [1.82, 2.24) is 9.97 Å². The van der Waals surface area contributed by atoms with Crippen molar-refractivity contribution >= 4 is 28.4 Å². The number of amides is 1. The molecule has 1 aromatic heterocycles. The van der Waals surface area contributed by atoms with Crippen molar-refractivity contribution in [3.63, 3.8) is 0 Å². The van der Waals surface area contributed by atoms with Crippen LogP contribution in [-0.4, -0.2) is 32.8 Å². The molecule has 1 heterocycles. The molecule has 2 aromatic carbocycles. The molecule has 0 aliphatic carbocycles. The van der Waals surface area contributed by atoms with Crippen LogP contribution in [0.1, 0.15) is 29.2 Å². The summed E-state index contributed by atoms with van der Waals surface area (Å²) >= 11 is 1.66. The van der Waals surface area contributed by atoms with Gasteiger partial charge in [-0.05, 0) is 23.8 Å². The molecule has 6 heteroatoms. The number of nitrogens with two attached hydrogens (primary N) is 1. The fraction of sp³-hybridized carbons (Fsp3) is 0.222. The maximum atomic E-state index is 11.2. The van der Waals surface area contributed by atoms with E-state index < -0.39 is 12.0 Å². The number of carbonyl (C=O) groups is 1. The summed E-state index contributed by atoms with van der Waals surface area (Å²) in [6, 6.07) is 14.4. The fourth-order valence-electron chi connectivity index (χ4n) is 2.60. The van der Waals surface area contributed by atoms with E-state index in [1.165, 1.54) is 17.0 Å². The molecule has 0 bridgehead atoms. The lowest BCUT2D eigenvalue weighted by Gasteiger charge is -2.17. The van der Waals surface area contributed by atoms with E-state index in [0.29, 0.717) is 11.6 Å². The smallest absolute Gasteiger partial charge is 0.268 e. The average molecular weight is 341 g/mol. The largest absolute Gasteiger partial charge is 0.393 e. The van der Waals surface area contributed by atoms with E-state index in [0.717, 1.165) is 4.90 Å². The quantitative estimate of drug-likeness (QED) is 0.601. The highest BCUT2D eigenvalue weighted by molar-refractivity contribution is 7.99. The van der Waals surface area contributed by atoms with Gasteiger partial charge < -0.3 is 15.8 Å². The number of aromatic amines is 1. The molecule has 24 heavy (non-hydrogen) atoms. The van der Waals surface area contributed by atoms with Crippen molar-refractivity contribution in [3.8, 4) is 0 Å². The van der Waals surface area contributed by atoms with Gasteiger partial charge in [0.05, 0.1) is 12.0 Å². The Morgan fingerprint density at radius 3 is 2.75 bits per heavy atom. The third kappa shape index (κ3) is 3.44. The molecule has 0 unspecified atom stereocenters. The Labute approximate surface area is 144 Å². The summed E-state index contributed by atoms with van der Waals surface area (Å²) in [6.07, 6.45) is 0.884. The SMILES string of the molecule is C[C@H](O)[C@H](CSc1cccc2ccccc12)c1nc(C(N)=O)c[nH]1. The van der Waals surface area contributed by atoms with Gasteiger partial charge >= 0.3 is 0 Å². The highest BCUT2D eigenvalue weighted by Gasteiger charge is 2.22. The van der Waals surface area contributed by atoms with Crippen LogP contribution in [0, 0.1) is 0 Å². The Bertz CT molecular complexity index is 855. The second kappa shape index (κ2) is 7.07. The van der Waals surface area contributed by atoms with Crippen molar-refractivity contribution in [1.29, 1.82) is 0 Å². The summed E-state index contributed by atoms with van der Waals surface area (Å²) in [4.78, 5) is 19.5. The first-order valence-corrected chi connectivity index (χ1v) is 8.68. The van der Waals surface area contributed by atoms with Crippen LogP contribution in [0.2, 0.25) is 0 Å². The lowest BCUT2D eigenvalue weighted by molar-refractivity contribution is 0.0995. The van der Waals surface area contributed by atoms with E-state index in [1.807, 2.05) is 18.2 Å². The number of carbonyl (C=O) groups excluding carboxylic acids is 1. The summed E-state index contributed by atoms with van der Waals surface area (Å²) in [6.45, 7) is 1.72. The monoisotopic (exact) mass is 341 g/mol. The highest BCUT2D eigenvalue weighted by Crippen LogP contribution is 2.32. The van der Waals surface area contributed by atoms with Gasteiger partial charge in [0.25, 0.3) is 5.91 Å². The maximum Gasteiger partial charge on any atom is 0.268 e. The Morgan fingerprint density at radius 2 is 2.04 bits per heavy atom. The van der Waals surface area contributed by atoms with Crippen LogP contribution in [-0.2, 0) is 0 Å². The molecule has 0 fully saturated rings. The first kappa shape index (κ1) is 16.5. The van der Waals surface area contributed by atoms with Gasteiger partial charge in [0.1, 0.15) is 11.5 Å². The van der Waals surface area contributed by atoms with Gasteiger partial charge in [0.2, 0.25) is 0 Å².